The van der Waals surface area contributed by atoms with Crippen LogP contribution in [0.15, 0.2) is 0 Å². The van der Waals surface area contributed by atoms with Crippen molar-refractivity contribution in [2.24, 2.45) is 0 Å². The lowest BCUT2D eigenvalue weighted by molar-refractivity contribution is 0.0889. The van der Waals surface area contributed by atoms with Gasteiger partial charge in [0.15, 0.2) is 15.3 Å². The summed E-state index contributed by atoms with van der Waals surface area (Å²) in [6.45, 7) is 1.53. The van der Waals surface area contributed by atoms with E-state index in [0.29, 0.717) is 0 Å². The van der Waals surface area contributed by atoms with Gasteiger partial charge >= 0.3 is 0 Å². The van der Waals surface area contributed by atoms with Gasteiger partial charge in [-0.05, 0) is 6.92 Å². The summed E-state index contributed by atoms with van der Waals surface area (Å²) in [4.78, 5) is 0. The molecule has 0 aromatic rings. The van der Waals surface area contributed by atoms with E-state index in [1.807, 2.05) is 0 Å². The van der Waals surface area contributed by atoms with Crippen LogP contribution in [0.3, 0.4) is 0 Å². The zero-order valence-corrected chi connectivity index (χ0v) is 7.15. The molecule has 2 unspecified atom stereocenters. The van der Waals surface area contributed by atoms with E-state index in [9.17, 15) is 8.42 Å². The maximum atomic E-state index is 10.9. The van der Waals surface area contributed by atoms with E-state index in [1.165, 1.54) is 6.92 Å². The predicted molar refractivity (Wildman–Crippen MR) is 38.8 cm³/mol. The zero-order chi connectivity index (χ0) is 7.78. The highest BCUT2D eigenvalue weighted by molar-refractivity contribution is 7.92. The molecule has 1 saturated heterocycles. The van der Waals surface area contributed by atoms with Crippen molar-refractivity contribution in [2.75, 3.05) is 11.6 Å². The van der Waals surface area contributed by atoms with Crippen molar-refractivity contribution in [1.29, 1.82) is 0 Å². The highest BCUT2D eigenvalue weighted by atomic mass is 35.5. The summed E-state index contributed by atoms with van der Waals surface area (Å²) < 4.78 is 26.9. The zero-order valence-electron chi connectivity index (χ0n) is 5.58. The summed E-state index contributed by atoms with van der Waals surface area (Å²) in [5, 5.41) is 0. The van der Waals surface area contributed by atoms with Crippen LogP contribution in [0.5, 0.6) is 0 Å². The van der Waals surface area contributed by atoms with E-state index in [1.54, 1.807) is 0 Å². The van der Waals surface area contributed by atoms with Gasteiger partial charge in [0.25, 0.3) is 0 Å². The Labute approximate surface area is 65.2 Å². The molecule has 0 amide bonds. The van der Waals surface area contributed by atoms with Crippen LogP contribution in [-0.4, -0.2) is 31.6 Å². The Morgan fingerprint density at radius 2 is 2.30 bits per heavy atom. The maximum Gasteiger partial charge on any atom is 0.179 e. The molecule has 1 aliphatic heterocycles. The largest absolute Gasteiger partial charge is 0.357 e. The number of sulfone groups is 1. The molecule has 5 heteroatoms. The highest BCUT2D eigenvalue weighted by Crippen LogP contribution is 2.18. The van der Waals surface area contributed by atoms with Gasteiger partial charge in [-0.25, -0.2) is 8.42 Å². The third kappa shape index (κ3) is 1.44. The summed E-state index contributed by atoms with van der Waals surface area (Å²) in [5.74, 6) is 0.321. The molecular weight excluding hydrogens is 176 g/mol. The lowest BCUT2D eigenvalue weighted by Gasteiger charge is -2.02. The summed E-state index contributed by atoms with van der Waals surface area (Å²) in [7, 11) is -2.99. The van der Waals surface area contributed by atoms with E-state index in [4.69, 9.17) is 16.3 Å². The molecule has 1 heterocycles. The fourth-order valence-electron chi connectivity index (χ4n) is 0.870. The van der Waals surface area contributed by atoms with Crippen LogP contribution in [-0.2, 0) is 14.6 Å². The smallest absolute Gasteiger partial charge is 0.179 e. The molecule has 3 nitrogen and oxygen atoms in total. The number of hydrogen-bond acceptors (Lipinski definition) is 3. The van der Waals surface area contributed by atoms with Crippen LogP contribution >= 0.6 is 11.6 Å². The SMILES string of the molecule is CC1OC(CCl)CS1(=O)=O. The van der Waals surface area contributed by atoms with Gasteiger partial charge in [0, 0.05) is 5.88 Å². The quantitative estimate of drug-likeness (QED) is 0.554. The summed E-state index contributed by atoms with van der Waals surface area (Å²) in [6.07, 6.45) is -0.304. The second-order valence-electron chi connectivity index (χ2n) is 2.31. The van der Waals surface area contributed by atoms with E-state index < -0.39 is 15.3 Å². The minimum Gasteiger partial charge on any atom is -0.357 e. The molecule has 0 aliphatic carbocycles. The minimum atomic E-state index is -2.99. The molecule has 10 heavy (non-hydrogen) atoms. The molecule has 0 aromatic heterocycles. The fourth-order valence-corrected chi connectivity index (χ4v) is 2.49. The number of rotatable bonds is 1. The van der Waals surface area contributed by atoms with Gasteiger partial charge in [-0.1, -0.05) is 0 Å². The molecule has 0 N–H and O–H groups in total. The standard InChI is InChI=1S/C5H9ClO3S/c1-4-9-5(2-6)3-10(4,7)8/h4-5H,2-3H2,1H3. The Morgan fingerprint density at radius 3 is 2.50 bits per heavy atom. The predicted octanol–water partition coefficient (Wildman–Crippen LogP) is 0.385. The molecule has 0 spiro atoms. The maximum absolute atomic E-state index is 10.9. The van der Waals surface area contributed by atoms with Gasteiger partial charge in [0.2, 0.25) is 0 Å². The molecule has 1 aliphatic rings. The minimum absolute atomic E-state index is 0.0671. The lowest BCUT2D eigenvalue weighted by Crippen LogP contribution is -2.12. The monoisotopic (exact) mass is 184 g/mol. The molecule has 1 fully saturated rings. The van der Waals surface area contributed by atoms with Gasteiger partial charge < -0.3 is 4.74 Å². The second-order valence-corrected chi connectivity index (χ2v) is 4.94. The lowest BCUT2D eigenvalue weighted by atomic mass is 10.5. The van der Waals surface area contributed by atoms with Crippen molar-refractivity contribution >= 4 is 21.4 Å². The first-order valence-corrected chi connectivity index (χ1v) is 5.24. The van der Waals surface area contributed by atoms with Gasteiger partial charge in [0.05, 0.1) is 11.9 Å². The Hall–Kier alpha value is 0.200. The van der Waals surface area contributed by atoms with E-state index in [2.05, 4.69) is 0 Å². The molecule has 60 valence electrons. The van der Waals surface area contributed by atoms with Crippen molar-refractivity contribution in [3.63, 3.8) is 0 Å². The van der Waals surface area contributed by atoms with E-state index >= 15 is 0 Å². The van der Waals surface area contributed by atoms with Gasteiger partial charge in [-0.2, -0.15) is 0 Å². The summed E-state index contributed by atoms with van der Waals surface area (Å²) >= 11 is 5.41. The first kappa shape index (κ1) is 8.30. The van der Waals surface area contributed by atoms with Crippen molar-refractivity contribution in [1.82, 2.24) is 0 Å². The summed E-state index contributed by atoms with van der Waals surface area (Å²) in [5.41, 5.74) is -0.670. The van der Waals surface area contributed by atoms with Gasteiger partial charge in [0.1, 0.15) is 0 Å². The first-order chi connectivity index (χ1) is 4.56. The van der Waals surface area contributed by atoms with Gasteiger partial charge in [-0.15, -0.1) is 11.6 Å². The topological polar surface area (TPSA) is 43.4 Å². The Kier molecular flexibility index (Phi) is 2.22. The van der Waals surface area contributed by atoms with Crippen molar-refractivity contribution in [3.05, 3.63) is 0 Å². The van der Waals surface area contributed by atoms with Crippen molar-refractivity contribution < 1.29 is 13.2 Å². The molecule has 0 aromatic carbocycles. The average Bonchev–Trinajstić information content (AvgIpc) is 2.08. The van der Waals surface area contributed by atoms with Crippen LogP contribution in [0.1, 0.15) is 6.92 Å². The van der Waals surface area contributed by atoms with Crippen LogP contribution < -0.4 is 0 Å². The molecule has 0 radical (unpaired) electrons. The second kappa shape index (κ2) is 2.68. The van der Waals surface area contributed by atoms with Crippen molar-refractivity contribution in [2.45, 2.75) is 18.5 Å². The van der Waals surface area contributed by atoms with E-state index in [-0.39, 0.29) is 17.7 Å². The first-order valence-electron chi connectivity index (χ1n) is 2.99. The Morgan fingerprint density at radius 1 is 1.70 bits per heavy atom. The number of ether oxygens (including phenoxy) is 1. The van der Waals surface area contributed by atoms with Crippen LogP contribution in [0.4, 0.5) is 0 Å². The highest BCUT2D eigenvalue weighted by Gasteiger charge is 2.35. The number of hydrogen-bond donors (Lipinski definition) is 0. The normalized spacial score (nSPS) is 38.2. The van der Waals surface area contributed by atoms with Crippen LogP contribution in [0.2, 0.25) is 0 Å². The molecule has 0 saturated carbocycles. The summed E-state index contributed by atoms with van der Waals surface area (Å²) in [6, 6.07) is 0. The number of halogens is 1. The molecular formula is C5H9ClO3S. The van der Waals surface area contributed by atoms with E-state index in [0.717, 1.165) is 0 Å². The third-order valence-electron chi connectivity index (χ3n) is 1.48. The molecule has 1 rings (SSSR count). The van der Waals surface area contributed by atoms with Gasteiger partial charge in [-0.3, -0.25) is 0 Å². The molecule has 2 atom stereocenters. The van der Waals surface area contributed by atoms with Crippen LogP contribution in [0, 0.1) is 0 Å². The Balaban J connectivity index is 2.71. The fraction of sp³-hybridized carbons (Fsp3) is 1.00. The third-order valence-corrected chi connectivity index (χ3v) is 3.78. The molecule has 0 bridgehead atoms. The Bertz CT molecular complexity index is 211. The van der Waals surface area contributed by atoms with Crippen molar-refractivity contribution in [3.8, 4) is 0 Å². The average molecular weight is 185 g/mol. The van der Waals surface area contributed by atoms with Crippen LogP contribution in [0.25, 0.3) is 0 Å². The number of alkyl halides is 1.